The van der Waals surface area contributed by atoms with E-state index < -0.39 is 0 Å². The monoisotopic (exact) mass is 447 g/mol. The average Bonchev–Trinajstić information content (AvgIpc) is 3.23. The number of thioether (sulfide) groups is 1. The first-order valence-corrected chi connectivity index (χ1v) is 11.4. The molecule has 0 bridgehead atoms. The zero-order chi connectivity index (χ0) is 22.2. The Morgan fingerprint density at radius 2 is 1.88 bits per heavy atom. The van der Waals surface area contributed by atoms with Crippen LogP contribution in [0.25, 0.3) is 17.2 Å². The number of hydrogen-bond donors (Lipinski definition) is 0. The summed E-state index contributed by atoms with van der Waals surface area (Å²) < 4.78 is 24.7. The van der Waals surface area contributed by atoms with Gasteiger partial charge in [0.2, 0.25) is 0 Å². The number of oxazole rings is 1. The average molecular weight is 448 g/mol. The Morgan fingerprint density at radius 1 is 1.03 bits per heavy atom. The Kier molecular flexibility index (Phi) is 7.35. The molecule has 0 unspecified atom stereocenters. The van der Waals surface area contributed by atoms with E-state index in [-0.39, 0.29) is 11.6 Å². The quantitative estimate of drug-likeness (QED) is 0.116. The molecule has 162 valence electrons. The van der Waals surface area contributed by atoms with Crippen molar-refractivity contribution in [2.24, 2.45) is 0 Å². The van der Waals surface area contributed by atoms with Crippen LogP contribution in [0.5, 0.6) is 5.75 Å². The number of ether oxygens (including phenoxy) is 1. The van der Waals surface area contributed by atoms with Gasteiger partial charge in [-0.2, -0.15) is 0 Å². The van der Waals surface area contributed by atoms with Crippen LogP contribution in [-0.2, 0) is 0 Å². The standard InChI is InChI=1S/C26H22FNO3S/c27-21-7-5-6-19(18-21)10-15-24(29)20-11-13-22(14-12-20)30-16-3-4-17-32-26-28-23-8-1-2-9-25(23)31-26/h1-2,5-15,18H,3-4,16-17H2. The van der Waals surface area contributed by atoms with E-state index in [1.807, 2.05) is 24.3 Å². The van der Waals surface area contributed by atoms with Crippen molar-refractivity contribution >= 4 is 34.7 Å². The van der Waals surface area contributed by atoms with Gasteiger partial charge in [-0.3, -0.25) is 4.79 Å². The number of unbranched alkanes of at least 4 members (excludes halogenated alkanes) is 1. The number of nitrogens with zero attached hydrogens (tertiary/aromatic N) is 1. The van der Waals surface area contributed by atoms with E-state index in [0.29, 0.717) is 23.0 Å². The van der Waals surface area contributed by atoms with Crippen molar-refractivity contribution in [1.29, 1.82) is 0 Å². The summed E-state index contributed by atoms with van der Waals surface area (Å²) in [5.74, 6) is 1.16. The van der Waals surface area contributed by atoms with Crippen molar-refractivity contribution in [2.75, 3.05) is 12.4 Å². The fourth-order valence-electron chi connectivity index (χ4n) is 3.06. The fourth-order valence-corrected chi connectivity index (χ4v) is 3.89. The van der Waals surface area contributed by atoms with Gasteiger partial charge in [-0.05, 0) is 73.0 Å². The Hall–Kier alpha value is -3.38. The molecule has 0 aliphatic heterocycles. The Bertz CT molecular complexity index is 1180. The zero-order valence-electron chi connectivity index (χ0n) is 17.4. The third-order valence-corrected chi connectivity index (χ3v) is 5.64. The predicted molar refractivity (Wildman–Crippen MR) is 126 cm³/mol. The van der Waals surface area contributed by atoms with Crippen molar-refractivity contribution in [1.82, 2.24) is 4.98 Å². The zero-order valence-corrected chi connectivity index (χ0v) is 18.2. The lowest BCUT2D eigenvalue weighted by Gasteiger charge is -2.06. The van der Waals surface area contributed by atoms with E-state index in [9.17, 15) is 9.18 Å². The Morgan fingerprint density at radius 3 is 2.69 bits per heavy atom. The normalized spacial score (nSPS) is 11.3. The van der Waals surface area contributed by atoms with E-state index in [1.54, 1.807) is 54.2 Å². The molecule has 4 rings (SSSR count). The molecule has 6 heteroatoms. The smallest absolute Gasteiger partial charge is 0.256 e. The van der Waals surface area contributed by atoms with Crippen molar-refractivity contribution in [2.45, 2.75) is 18.1 Å². The molecule has 1 heterocycles. The largest absolute Gasteiger partial charge is 0.494 e. The van der Waals surface area contributed by atoms with Gasteiger partial charge in [0.15, 0.2) is 11.4 Å². The third kappa shape index (κ3) is 6.08. The molecule has 32 heavy (non-hydrogen) atoms. The number of fused-ring (bicyclic) bond motifs is 1. The second-order valence-electron chi connectivity index (χ2n) is 7.13. The summed E-state index contributed by atoms with van der Waals surface area (Å²) >= 11 is 1.60. The van der Waals surface area contributed by atoms with Crippen LogP contribution in [0.15, 0.2) is 88.5 Å². The summed E-state index contributed by atoms with van der Waals surface area (Å²) in [6.07, 6.45) is 4.93. The topological polar surface area (TPSA) is 52.3 Å². The Labute approximate surface area is 190 Å². The molecule has 0 spiro atoms. The number of ketones is 1. The molecule has 0 atom stereocenters. The maximum absolute atomic E-state index is 13.2. The summed E-state index contributed by atoms with van der Waals surface area (Å²) in [6.45, 7) is 0.598. The molecule has 0 amide bonds. The van der Waals surface area contributed by atoms with Crippen LogP contribution in [-0.4, -0.2) is 23.1 Å². The van der Waals surface area contributed by atoms with Crippen LogP contribution >= 0.6 is 11.8 Å². The third-order valence-electron chi connectivity index (χ3n) is 4.72. The second kappa shape index (κ2) is 10.8. The summed E-state index contributed by atoms with van der Waals surface area (Å²) in [4.78, 5) is 16.7. The highest BCUT2D eigenvalue weighted by atomic mass is 32.2. The highest BCUT2D eigenvalue weighted by molar-refractivity contribution is 7.99. The minimum Gasteiger partial charge on any atom is -0.494 e. The molecule has 0 fully saturated rings. The Balaban J connectivity index is 1.17. The predicted octanol–water partition coefficient (Wildman–Crippen LogP) is 6.81. The van der Waals surface area contributed by atoms with Crippen molar-refractivity contribution in [3.63, 3.8) is 0 Å². The number of allylic oxidation sites excluding steroid dienone is 1. The molecule has 4 aromatic rings. The highest BCUT2D eigenvalue weighted by Gasteiger charge is 2.06. The van der Waals surface area contributed by atoms with Gasteiger partial charge in [-0.15, -0.1) is 0 Å². The summed E-state index contributed by atoms with van der Waals surface area (Å²) in [5.41, 5.74) is 2.89. The number of carbonyl (C=O) groups excluding carboxylic acids is 1. The van der Waals surface area contributed by atoms with Crippen molar-refractivity contribution < 1.29 is 18.3 Å². The molecular weight excluding hydrogens is 425 g/mol. The molecule has 0 saturated heterocycles. The molecular formula is C26H22FNO3S. The van der Waals surface area contributed by atoms with Gasteiger partial charge < -0.3 is 9.15 Å². The van der Waals surface area contributed by atoms with E-state index in [1.165, 1.54) is 18.2 Å². The highest BCUT2D eigenvalue weighted by Crippen LogP contribution is 2.24. The molecule has 0 aliphatic rings. The van der Waals surface area contributed by atoms with E-state index in [2.05, 4.69) is 4.98 Å². The number of halogens is 1. The minimum absolute atomic E-state index is 0.142. The molecule has 0 N–H and O–H groups in total. The van der Waals surface area contributed by atoms with Crippen molar-refractivity contribution in [3.8, 4) is 5.75 Å². The summed E-state index contributed by atoms with van der Waals surface area (Å²) in [5, 5.41) is 0.693. The van der Waals surface area contributed by atoms with Gasteiger partial charge in [0.25, 0.3) is 5.22 Å². The van der Waals surface area contributed by atoms with Gasteiger partial charge in [-0.25, -0.2) is 9.37 Å². The number of para-hydroxylation sites is 2. The lowest BCUT2D eigenvalue weighted by Crippen LogP contribution is -1.99. The maximum atomic E-state index is 13.2. The number of carbonyl (C=O) groups is 1. The number of benzene rings is 3. The van der Waals surface area contributed by atoms with Crippen molar-refractivity contribution in [3.05, 3.63) is 95.8 Å². The van der Waals surface area contributed by atoms with E-state index >= 15 is 0 Å². The lowest BCUT2D eigenvalue weighted by atomic mass is 10.1. The summed E-state index contributed by atoms with van der Waals surface area (Å²) in [6, 6.07) is 20.9. The van der Waals surface area contributed by atoms with Crippen LogP contribution in [0, 0.1) is 5.82 Å². The van der Waals surface area contributed by atoms with Gasteiger partial charge in [0, 0.05) is 11.3 Å². The maximum Gasteiger partial charge on any atom is 0.256 e. The molecule has 0 radical (unpaired) electrons. The first kappa shape index (κ1) is 21.8. The van der Waals surface area contributed by atoms with E-state index in [4.69, 9.17) is 9.15 Å². The number of rotatable bonds is 10. The number of aromatic nitrogens is 1. The van der Waals surface area contributed by atoms with Crippen LogP contribution < -0.4 is 4.74 Å². The minimum atomic E-state index is -0.328. The first-order chi connectivity index (χ1) is 15.7. The molecule has 1 aromatic heterocycles. The van der Waals surface area contributed by atoms with Gasteiger partial charge in [0.05, 0.1) is 6.61 Å². The summed E-state index contributed by atoms with van der Waals surface area (Å²) in [7, 11) is 0. The first-order valence-electron chi connectivity index (χ1n) is 10.4. The van der Waals surface area contributed by atoms with Crippen LogP contribution in [0.1, 0.15) is 28.8 Å². The van der Waals surface area contributed by atoms with Gasteiger partial charge in [0.1, 0.15) is 17.1 Å². The van der Waals surface area contributed by atoms with E-state index in [0.717, 1.165) is 35.4 Å². The molecule has 4 nitrogen and oxygen atoms in total. The lowest BCUT2D eigenvalue weighted by molar-refractivity contribution is 0.104. The second-order valence-corrected chi connectivity index (χ2v) is 8.17. The number of hydrogen-bond acceptors (Lipinski definition) is 5. The van der Waals surface area contributed by atoms with Crippen LogP contribution in [0.3, 0.4) is 0 Å². The van der Waals surface area contributed by atoms with Crippen LogP contribution in [0.2, 0.25) is 0 Å². The fraction of sp³-hybridized carbons (Fsp3) is 0.154. The SMILES string of the molecule is O=C(C=Cc1cccc(F)c1)c1ccc(OCCCCSc2nc3ccccc3o2)cc1. The molecule has 0 saturated carbocycles. The molecule has 0 aliphatic carbocycles. The van der Waals surface area contributed by atoms with Gasteiger partial charge >= 0.3 is 0 Å². The van der Waals surface area contributed by atoms with Gasteiger partial charge in [-0.1, -0.05) is 42.1 Å². The van der Waals surface area contributed by atoms with Crippen LogP contribution in [0.4, 0.5) is 4.39 Å². The molecule has 3 aromatic carbocycles.